The second-order valence-electron chi connectivity index (χ2n) is 2.85. The number of hydrogen-bond acceptors (Lipinski definition) is 1. The van der Waals surface area contributed by atoms with Gasteiger partial charge in [-0.05, 0) is 32.4 Å². The van der Waals surface area contributed by atoms with Crippen molar-refractivity contribution < 1.29 is 0 Å². The summed E-state index contributed by atoms with van der Waals surface area (Å²) in [5, 5.41) is 4.58. The Morgan fingerprint density at radius 2 is 1.64 bits per heavy atom. The predicted molar refractivity (Wildman–Crippen MR) is 55.4 cm³/mol. The highest BCUT2D eigenvalue weighted by molar-refractivity contribution is 9.09. The molecule has 0 aliphatic rings. The minimum atomic E-state index is 1.14. The van der Waals surface area contributed by atoms with Crippen molar-refractivity contribution in [3.8, 4) is 0 Å². The van der Waals surface area contributed by atoms with Crippen LogP contribution in [-0.2, 0) is 0 Å². The molecule has 0 aromatic heterocycles. The van der Waals surface area contributed by atoms with Gasteiger partial charge in [0.05, 0.1) is 0 Å². The summed E-state index contributed by atoms with van der Waals surface area (Å²) in [5.41, 5.74) is 0. The standard InChI is InChI=1S/C9H20BrN/c1-2-3-5-8-11-9-6-4-7-10/h11H,2-9H2,1H3. The van der Waals surface area contributed by atoms with Gasteiger partial charge in [0.15, 0.2) is 0 Å². The Morgan fingerprint density at radius 1 is 1.00 bits per heavy atom. The average molecular weight is 222 g/mol. The van der Waals surface area contributed by atoms with E-state index in [-0.39, 0.29) is 0 Å². The van der Waals surface area contributed by atoms with E-state index in [2.05, 4.69) is 28.2 Å². The minimum absolute atomic E-state index is 1.14. The second-order valence-corrected chi connectivity index (χ2v) is 3.65. The molecule has 0 rings (SSSR count). The lowest BCUT2D eigenvalue weighted by atomic mass is 10.2. The Balaban J connectivity index is 2.69. The maximum Gasteiger partial charge on any atom is 0.00317 e. The van der Waals surface area contributed by atoms with E-state index in [1.54, 1.807) is 0 Å². The molecule has 0 unspecified atom stereocenters. The zero-order valence-corrected chi connectivity index (χ0v) is 9.12. The van der Waals surface area contributed by atoms with E-state index in [1.165, 1.54) is 45.2 Å². The van der Waals surface area contributed by atoms with Crippen LogP contribution in [0.4, 0.5) is 0 Å². The largest absolute Gasteiger partial charge is 0.317 e. The summed E-state index contributed by atoms with van der Waals surface area (Å²) in [6.45, 7) is 4.64. The van der Waals surface area contributed by atoms with Crippen molar-refractivity contribution in [3.05, 3.63) is 0 Å². The Labute approximate surface area is 79.1 Å². The molecule has 0 saturated heterocycles. The van der Waals surface area contributed by atoms with Crippen LogP contribution in [0.15, 0.2) is 0 Å². The molecule has 0 aliphatic carbocycles. The fourth-order valence-electron chi connectivity index (χ4n) is 0.969. The summed E-state index contributed by atoms with van der Waals surface area (Å²) in [6, 6.07) is 0. The molecule has 0 bridgehead atoms. The van der Waals surface area contributed by atoms with Gasteiger partial charge in [0, 0.05) is 5.33 Å². The van der Waals surface area contributed by atoms with E-state index in [9.17, 15) is 0 Å². The van der Waals surface area contributed by atoms with E-state index in [0.29, 0.717) is 0 Å². The molecule has 1 N–H and O–H groups in total. The van der Waals surface area contributed by atoms with Crippen LogP contribution >= 0.6 is 15.9 Å². The van der Waals surface area contributed by atoms with Crippen molar-refractivity contribution in [3.63, 3.8) is 0 Å². The third-order valence-corrected chi connectivity index (χ3v) is 2.26. The van der Waals surface area contributed by atoms with Crippen LogP contribution in [-0.4, -0.2) is 18.4 Å². The van der Waals surface area contributed by atoms with Crippen LogP contribution in [0.1, 0.15) is 39.0 Å². The Kier molecular flexibility index (Phi) is 10.9. The molecule has 68 valence electrons. The topological polar surface area (TPSA) is 12.0 Å². The smallest absolute Gasteiger partial charge is 0.00317 e. The summed E-state index contributed by atoms with van der Waals surface area (Å²) in [5.74, 6) is 0. The monoisotopic (exact) mass is 221 g/mol. The number of alkyl halides is 1. The SMILES string of the molecule is CCCCCNCCCCBr. The summed E-state index contributed by atoms with van der Waals surface area (Å²) >= 11 is 3.42. The molecule has 1 nitrogen and oxygen atoms in total. The molecule has 0 atom stereocenters. The van der Waals surface area contributed by atoms with Crippen molar-refractivity contribution >= 4 is 15.9 Å². The summed E-state index contributed by atoms with van der Waals surface area (Å²) in [4.78, 5) is 0. The molecule has 11 heavy (non-hydrogen) atoms. The van der Waals surface area contributed by atoms with Gasteiger partial charge in [-0.1, -0.05) is 35.7 Å². The maximum atomic E-state index is 3.43. The lowest BCUT2D eigenvalue weighted by Gasteiger charge is -2.01. The van der Waals surface area contributed by atoms with Gasteiger partial charge in [-0.3, -0.25) is 0 Å². The first-order valence-corrected chi connectivity index (χ1v) is 5.80. The molecule has 0 amide bonds. The molecular weight excluding hydrogens is 202 g/mol. The van der Waals surface area contributed by atoms with Gasteiger partial charge in [-0.15, -0.1) is 0 Å². The predicted octanol–water partition coefficient (Wildman–Crippen LogP) is 2.94. The summed E-state index contributed by atoms with van der Waals surface area (Å²) in [7, 11) is 0. The van der Waals surface area contributed by atoms with Crippen molar-refractivity contribution in [2.45, 2.75) is 39.0 Å². The quantitative estimate of drug-likeness (QED) is 0.491. The first kappa shape index (κ1) is 11.4. The Hall–Kier alpha value is 0.440. The lowest BCUT2D eigenvalue weighted by Crippen LogP contribution is -2.16. The highest BCUT2D eigenvalue weighted by Crippen LogP contribution is 1.93. The normalized spacial score (nSPS) is 10.4. The van der Waals surface area contributed by atoms with Crippen LogP contribution < -0.4 is 5.32 Å². The maximum absolute atomic E-state index is 3.43. The molecule has 0 radical (unpaired) electrons. The minimum Gasteiger partial charge on any atom is -0.317 e. The van der Waals surface area contributed by atoms with E-state index in [1.807, 2.05) is 0 Å². The van der Waals surface area contributed by atoms with Crippen molar-refractivity contribution in [2.75, 3.05) is 18.4 Å². The molecule has 0 heterocycles. The van der Waals surface area contributed by atoms with Gasteiger partial charge in [-0.2, -0.15) is 0 Å². The van der Waals surface area contributed by atoms with Crippen molar-refractivity contribution in [1.29, 1.82) is 0 Å². The number of unbranched alkanes of at least 4 members (excludes halogenated alkanes) is 3. The fraction of sp³-hybridized carbons (Fsp3) is 1.00. The first-order valence-electron chi connectivity index (χ1n) is 4.68. The van der Waals surface area contributed by atoms with Crippen LogP contribution in [0.2, 0.25) is 0 Å². The average Bonchev–Trinajstić information content (AvgIpc) is 2.03. The van der Waals surface area contributed by atoms with Gasteiger partial charge >= 0.3 is 0 Å². The second kappa shape index (κ2) is 10.4. The molecule has 0 spiro atoms. The van der Waals surface area contributed by atoms with Gasteiger partial charge in [0.1, 0.15) is 0 Å². The number of rotatable bonds is 8. The van der Waals surface area contributed by atoms with Crippen molar-refractivity contribution in [1.82, 2.24) is 5.32 Å². The third-order valence-electron chi connectivity index (χ3n) is 1.69. The summed E-state index contributed by atoms with van der Waals surface area (Å²) < 4.78 is 0. The number of nitrogens with one attached hydrogen (secondary N) is 1. The molecule has 0 aromatic carbocycles. The zero-order chi connectivity index (χ0) is 8.36. The molecule has 0 aromatic rings. The molecule has 0 fully saturated rings. The van der Waals surface area contributed by atoms with Gasteiger partial charge in [0.25, 0.3) is 0 Å². The zero-order valence-electron chi connectivity index (χ0n) is 7.53. The van der Waals surface area contributed by atoms with Gasteiger partial charge in [-0.25, -0.2) is 0 Å². The van der Waals surface area contributed by atoms with Crippen LogP contribution in [0, 0.1) is 0 Å². The highest BCUT2D eigenvalue weighted by atomic mass is 79.9. The van der Waals surface area contributed by atoms with Crippen LogP contribution in [0.3, 0.4) is 0 Å². The third kappa shape index (κ3) is 10.4. The Morgan fingerprint density at radius 3 is 2.18 bits per heavy atom. The summed E-state index contributed by atoms with van der Waals surface area (Å²) in [6.07, 6.45) is 6.62. The van der Waals surface area contributed by atoms with E-state index in [0.717, 1.165) is 5.33 Å². The Bertz CT molecular complexity index is 58.6. The highest BCUT2D eigenvalue weighted by Gasteiger charge is 1.87. The van der Waals surface area contributed by atoms with E-state index >= 15 is 0 Å². The van der Waals surface area contributed by atoms with Gasteiger partial charge < -0.3 is 5.32 Å². The van der Waals surface area contributed by atoms with Crippen molar-refractivity contribution in [2.24, 2.45) is 0 Å². The molecule has 2 heteroatoms. The molecule has 0 aliphatic heterocycles. The van der Waals surface area contributed by atoms with Crippen LogP contribution in [0.25, 0.3) is 0 Å². The number of halogens is 1. The molecule has 0 saturated carbocycles. The van der Waals surface area contributed by atoms with Crippen LogP contribution in [0.5, 0.6) is 0 Å². The van der Waals surface area contributed by atoms with Gasteiger partial charge in [0.2, 0.25) is 0 Å². The molecular formula is C9H20BrN. The fourth-order valence-corrected chi connectivity index (χ4v) is 1.37. The van der Waals surface area contributed by atoms with E-state index in [4.69, 9.17) is 0 Å². The van der Waals surface area contributed by atoms with E-state index < -0.39 is 0 Å². The number of hydrogen-bond donors (Lipinski definition) is 1. The first-order chi connectivity index (χ1) is 5.41. The lowest BCUT2D eigenvalue weighted by molar-refractivity contribution is 0.597.